The molecule has 2 heterocycles. The Balaban J connectivity index is 1.55. The SMILES string of the molecule is COc1cc(N2CCOCC2)ccc1NC1=CC=NC(N)(c2cc(N)ccc2OC)N1. The molecule has 1 unspecified atom stereocenters. The van der Waals surface area contributed by atoms with Crippen molar-refractivity contribution in [2.45, 2.75) is 5.79 Å². The third-order valence-corrected chi connectivity index (χ3v) is 5.31. The fourth-order valence-corrected chi connectivity index (χ4v) is 3.69. The van der Waals surface area contributed by atoms with E-state index in [2.05, 4.69) is 26.6 Å². The van der Waals surface area contributed by atoms with Crippen molar-refractivity contribution >= 4 is 23.3 Å². The standard InChI is InChI=1S/C22H28N6O3/c1-29-19-6-3-15(23)13-17(19)22(24)25-8-7-21(27-22)26-18-5-4-16(14-20(18)30-2)28-9-11-31-12-10-28/h3-8,13-14,26-27H,9-12,23-24H2,1-2H3. The van der Waals surface area contributed by atoms with Gasteiger partial charge < -0.3 is 35.5 Å². The van der Waals surface area contributed by atoms with Gasteiger partial charge in [-0.1, -0.05) is 0 Å². The zero-order valence-electron chi connectivity index (χ0n) is 17.7. The van der Waals surface area contributed by atoms with Gasteiger partial charge in [0.15, 0.2) is 0 Å². The molecular weight excluding hydrogens is 396 g/mol. The number of nitrogens with two attached hydrogens (primary N) is 2. The molecule has 0 amide bonds. The van der Waals surface area contributed by atoms with Gasteiger partial charge in [0.1, 0.15) is 17.3 Å². The topological polar surface area (TPSA) is 119 Å². The average molecular weight is 425 g/mol. The maximum absolute atomic E-state index is 6.59. The zero-order chi connectivity index (χ0) is 21.8. The first-order valence-corrected chi connectivity index (χ1v) is 10.1. The van der Waals surface area contributed by atoms with Crippen molar-refractivity contribution in [2.75, 3.05) is 56.5 Å². The summed E-state index contributed by atoms with van der Waals surface area (Å²) in [6.45, 7) is 3.17. The van der Waals surface area contributed by atoms with Crippen LogP contribution < -0.4 is 36.5 Å². The number of nitrogens with zero attached hydrogens (tertiary/aromatic N) is 2. The minimum atomic E-state index is -1.24. The lowest BCUT2D eigenvalue weighted by Gasteiger charge is -2.33. The van der Waals surface area contributed by atoms with Gasteiger partial charge in [-0.25, -0.2) is 4.99 Å². The highest BCUT2D eigenvalue weighted by Crippen LogP contribution is 2.34. The van der Waals surface area contributed by atoms with E-state index in [4.69, 9.17) is 25.7 Å². The van der Waals surface area contributed by atoms with Gasteiger partial charge in [0, 0.05) is 36.7 Å². The number of nitrogen functional groups attached to an aromatic ring is 1. The van der Waals surface area contributed by atoms with E-state index >= 15 is 0 Å². The minimum Gasteiger partial charge on any atom is -0.496 e. The van der Waals surface area contributed by atoms with Gasteiger partial charge in [-0.05, 0) is 36.4 Å². The summed E-state index contributed by atoms with van der Waals surface area (Å²) in [6, 6.07) is 11.3. The summed E-state index contributed by atoms with van der Waals surface area (Å²) < 4.78 is 16.5. The largest absolute Gasteiger partial charge is 0.496 e. The van der Waals surface area contributed by atoms with Gasteiger partial charge in [-0.3, -0.25) is 5.73 Å². The number of hydrogen-bond donors (Lipinski definition) is 4. The molecule has 164 valence electrons. The lowest BCUT2D eigenvalue weighted by atomic mass is 10.1. The summed E-state index contributed by atoms with van der Waals surface area (Å²) in [5.41, 5.74) is 15.7. The first-order chi connectivity index (χ1) is 15.0. The van der Waals surface area contributed by atoms with Crippen molar-refractivity contribution in [3.05, 3.63) is 53.9 Å². The molecule has 6 N–H and O–H groups in total. The Morgan fingerprint density at radius 3 is 2.61 bits per heavy atom. The lowest BCUT2D eigenvalue weighted by molar-refractivity contribution is 0.122. The van der Waals surface area contributed by atoms with Gasteiger partial charge in [-0.2, -0.15) is 0 Å². The number of aliphatic imine (C=N–C) groups is 1. The number of ether oxygens (including phenoxy) is 3. The number of allylic oxidation sites excluding steroid dienone is 1. The second-order valence-electron chi connectivity index (χ2n) is 7.32. The molecule has 31 heavy (non-hydrogen) atoms. The zero-order valence-corrected chi connectivity index (χ0v) is 17.7. The highest BCUT2D eigenvalue weighted by Gasteiger charge is 2.32. The predicted octanol–water partition coefficient (Wildman–Crippen LogP) is 1.82. The van der Waals surface area contributed by atoms with Crippen LogP contribution in [0.2, 0.25) is 0 Å². The molecule has 0 spiro atoms. The lowest BCUT2D eigenvalue weighted by Crippen LogP contribution is -2.51. The molecule has 2 aromatic carbocycles. The van der Waals surface area contributed by atoms with Crippen LogP contribution in [0.25, 0.3) is 0 Å². The Morgan fingerprint density at radius 2 is 1.87 bits per heavy atom. The molecule has 9 heteroatoms. The van der Waals surface area contributed by atoms with Crippen molar-refractivity contribution < 1.29 is 14.2 Å². The maximum atomic E-state index is 6.59. The van der Waals surface area contributed by atoms with Crippen LogP contribution in [-0.4, -0.2) is 46.7 Å². The summed E-state index contributed by atoms with van der Waals surface area (Å²) in [4.78, 5) is 6.71. The van der Waals surface area contributed by atoms with Crippen LogP contribution in [0.1, 0.15) is 5.56 Å². The van der Waals surface area contributed by atoms with Crippen molar-refractivity contribution in [3.8, 4) is 11.5 Å². The monoisotopic (exact) mass is 424 g/mol. The van der Waals surface area contributed by atoms with Crippen molar-refractivity contribution in [3.63, 3.8) is 0 Å². The number of rotatable bonds is 6. The molecule has 2 aromatic rings. The van der Waals surface area contributed by atoms with Crippen LogP contribution in [0.5, 0.6) is 11.5 Å². The average Bonchev–Trinajstić information content (AvgIpc) is 2.80. The maximum Gasteiger partial charge on any atom is 0.213 e. The van der Waals surface area contributed by atoms with Crippen LogP contribution >= 0.6 is 0 Å². The van der Waals surface area contributed by atoms with E-state index in [1.54, 1.807) is 44.7 Å². The Labute approximate surface area is 181 Å². The number of hydrogen-bond acceptors (Lipinski definition) is 9. The molecule has 0 saturated carbocycles. The second kappa shape index (κ2) is 8.75. The Hall–Kier alpha value is -3.43. The number of morpholine rings is 1. The van der Waals surface area contributed by atoms with Crippen molar-refractivity contribution in [1.82, 2.24) is 5.32 Å². The highest BCUT2D eigenvalue weighted by molar-refractivity contribution is 5.77. The third-order valence-electron chi connectivity index (χ3n) is 5.31. The molecule has 0 aromatic heterocycles. The van der Waals surface area contributed by atoms with E-state index in [0.717, 1.165) is 43.4 Å². The normalized spacial score (nSPS) is 20.6. The van der Waals surface area contributed by atoms with E-state index in [1.807, 2.05) is 12.1 Å². The van der Waals surface area contributed by atoms with E-state index in [0.29, 0.717) is 22.8 Å². The highest BCUT2D eigenvalue weighted by atomic mass is 16.5. The van der Waals surface area contributed by atoms with Crippen LogP contribution in [0.4, 0.5) is 17.1 Å². The fraction of sp³-hybridized carbons (Fsp3) is 0.318. The van der Waals surface area contributed by atoms with Gasteiger partial charge in [-0.15, -0.1) is 0 Å². The number of methoxy groups -OCH3 is 2. The molecule has 4 rings (SSSR count). The third kappa shape index (κ3) is 4.37. The van der Waals surface area contributed by atoms with Gasteiger partial charge >= 0.3 is 0 Å². The molecule has 0 aliphatic carbocycles. The Morgan fingerprint density at radius 1 is 1.10 bits per heavy atom. The summed E-state index contributed by atoms with van der Waals surface area (Å²) in [7, 11) is 3.24. The molecular formula is C22H28N6O3. The number of nitrogens with one attached hydrogen (secondary N) is 2. The van der Waals surface area contributed by atoms with Gasteiger partial charge in [0.2, 0.25) is 5.79 Å². The van der Waals surface area contributed by atoms with E-state index < -0.39 is 5.79 Å². The molecule has 0 bridgehead atoms. The summed E-state index contributed by atoms with van der Waals surface area (Å²) in [6.07, 6.45) is 3.45. The van der Waals surface area contributed by atoms with E-state index in [-0.39, 0.29) is 0 Å². The molecule has 0 radical (unpaired) electrons. The minimum absolute atomic E-state index is 0.571. The van der Waals surface area contributed by atoms with Crippen molar-refractivity contribution in [1.29, 1.82) is 0 Å². The molecule has 2 aliphatic heterocycles. The molecule has 1 saturated heterocycles. The molecule has 1 atom stereocenters. The quantitative estimate of drug-likeness (QED) is 0.519. The van der Waals surface area contributed by atoms with Gasteiger partial charge in [0.25, 0.3) is 0 Å². The first kappa shape index (κ1) is 20.8. The molecule has 2 aliphatic rings. The first-order valence-electron chi connectivity index (χ1n) is 10.1. The second-order valence-corrected chi connectivity index (χ2v) is 7.32. The number of anilines is 3. The summed E-state index contributed by atoms with van der Waals surface area (Å²) in [5, 5.41) is 6.58. The van der Waals surface area contributed by atoms with Crippen LogP contribution in [0, 0.1) is 0 Å². The van der Waals surface area contributed by atoms with Crippen molar-refractivity contribution in [2.24, 2.45) is 10.7 Å². The molecule has 1 fully saturated rings. The Kier molecular flexibility index (Phi) is 5.88. The van der Waals surface area contributed by atoms with E-state index in [9.17, 15) is 0 Å². The summed E-state index contributed by atoms with van der Waals surface area (Å²) >= 11 is 0. The molecule has 9 nitrogen and oxygen atoms in total. The van der Waals surface area contributed by atoms with Crippen LogP contribution in [0.15, 0.2) is 53.3 Å². The van der Waals surface area contributed by atoms with Crippen LogP contribution in [0.3, 0.4) is 0 Å². The van der Waals surface area contributed by atoms with Crippen LogP contribution in [-0.2, 0) is 10.5 Å². The van der Waals surface area contributed by atoms with E-state index in [1.165, 1.54) is 0 Å². The fourth-order valence-electron chi connectivity index (χ4n) is 3.69. The smallest absolute Gasteiger partial charge is 0.213 e. The summed E-state index contributed by atoms with van der Waals surface area (Å²) in [5.74, 6) is 0.742. The number of benzene rings is 2. The Bertz CT molecular complexity index is 1000. The predicted molar refractivity (Wildman–Crippen MR) is 123 cm³/mol. The van der Waals surface area contributed by atoms with Gasteiger partial charge in [0.05, 0.1) is 38.7 Å².